The SMILES string of the molecule is Cc1cccc(NC(=O)N2CCC[C@@H]2CO)c1Cl. The standard InChI is InChI=1S/C13H17ClN2O2/c1-9-4-2-6-11(12(9)14)15-13(18)16-7-3-5-10(16)8-17/h2,4,6,10,17H,3,5,7-8H2,1H3,(H,15,18)/t10-/m1/s1. The van der Waals surface area contributed by atoms with Crippen molar-refractivity contribution in [3.63, 3.8) is 0 Å². The molecule has 0 aromatic heterocycles. The monoisotopic (exact) mass is 268 g/mol. The van der Waals surface area contributed by atoms with Crippen LogP contribution in [0, 0.1) is 6.92 Å². The smallest absolute Gasteiger partial charge is 0.322 e. The van der Waals surface area contributed by atoms with Crippen LogP contribution in [0.15, 0.2) is 18.2 Å². The summed E-state index contributed by atoms with van der Waals surface area (Å²) in [5, 5.41) is 12.6. The summed E-state index contributed by atoms with van der Waals surface area (Å²) in [5.41, 5.74) is 1.54. The number of carbonyl (C=O) groups excluding carboxylic acids is 1. The van der Waals surface area contributed by atoms with E-state index in [2.05, 4.69) is 5.32 Å². The van der Waals surface area contributed by atoms with Crippen LogP contribution in [0.2, 0.25) is 5.02 Å². The Hall–Kier alpha value is -1.26. The minimum Gasteiger partial charge on any atom is -0.394 e. The number of halogens is 1. The van der Waals surface area contributed by atoms with Gasteiger partial charge in [-0.05, 0) is 31.4 Å². The van der Waals surface area contributed by atoms with Crippen LogP contribution in [-0.2, 0) is 0 Å². The number of urea groups is 1. The normalized spacial score (nSPS) is 19.1. The van der Waals surface area contributed by atoms with Crippen LogP contribution in [0.1, 0.15) is 18.4 Å². The van der Waals surface area contributed by atoms with Crippen molar-refractivity contribution in [3.8, 4) is 0 Å². The first-order valence-corrected chi connectivity index (χ1v) is 6.45. The molecular formula is C13H17ClN2O2. The van der Waals surface area contributed by atoms with Crippen molar-refractivity contribution in [1.82, 2.24) is 4.90 Å². The number of amides is 2. The minimum absolute atomic E-state index is 0.00890. The zero-order chi connectivity index (χ0) is 13.1. The zero-order valence-corrected chi connectivity index (χ0v) is 11.1. The Kier molecular flexibility index (Phi) is 4.09. The number of hydrogen-bond acceptors (Lipinski definition) is 2. The van der Waals surface area contributed by atoms with Gasteiger partial charge < -0.3 is 15.3 Å². The first-order valence-electron chi connectivity index (χ1n) is 6.07. The van der Waals surface area contributed by atoms with Crippen molar-refractivity contribution in [3.05, 3.63) is 28.8 Å². The Morgan fingerprint density at radius 1 is 1.61 bits per heavy atom. The zero-order valence-electron chi connectivity index (χ0n) is 10.3. The fraction of sp³-hybridized carbons (Fsp3) is 0.462. The number of benzene rings is 1. The molecular weight excluding hydrogens is 252 g/mol. The number of nitrogens with one attached hydrogen (secondary N) is 1. The molecule has 2 rings (SSSR count). The van der Waals surface area contributed by atoms with Gasteiger partial charge in [0.2, 0.25) is 0 Å². The molecule has 0 unspecified atom stereocenters. The summed E-state index contributed by atoms with van der Waals surface area (Å²) in [6.07, 6.45) is 1.78. The molecule has 0 bridgehead atoms. The Morgan fingerprint density at radius 2 is 2.39 bits per heavy atom. The highest BCUT2D eigenvalue weighted by Gasteiger charge is 2.28. The molecule has 1 fully saturated rings. The number of anilines is 1. The topological polar surface area (TPSA) is 52.6 Å². The third-order valence-electron chi connectivity index (χ3n) is 3.28. The number of likely N-dealkylation sites (tertiary alicyclic amines) is 1. The van der Waals surface area contributed by atoms with Gasteiger partial charge in [-0.3, -0.25) is 0 Å². The Balaban J connectivity index is 2.09. The van der Waals surface area contributed by atoms with E-state index in [1.807, 2.05) is 19.1 Å². The van der Waals surface area contributed by atoms with Crippen LogP contribution in [0.3, 0.4) is 0 Å². The molecule has 1 atom stereocenters. The van der Waals surface area contributed by atoms with Crippen LogP contribution in [0.25, 0.3) is 0 Å². The first-order chi connectivity index (χ1) is 8.63. The van der Waals surface area contributed by atoms with Gasteiger partial charge in [-0.2, -0.15) is 0 Å². The average Bonchev–Trinajstić information content (AvgIpc) is 2.83. The molecule has 98 valence electrons. The number of rotatable bonds is 2. The molecule has 1 aromatic rings. The van der Waals surface area contributed by atoms with Crippen molar-refractivity contribution in [2.75, 3.05) is 18.5 Å². The molecule has 0 saturated carbocycles. The molecule has 2 amide bonds. The molecule has 1 saturated heterocycles. The van der Waals surface area contributed by atoms with E-state index >= 15 is 0 Å². The fourth-order valence-electron chi connectivity index (χ4n) is 2.22. The maximum atomic E-state index is 12.1. The second-order valence-corrected chi connectivity index (χ2v) is 4.92. The second-order valence-electron chi connectivity index (χ2n) is 4.54. The van der Waals surface area contributed by atoms with Gasteiger partial charge in [0.15, 0.2) is 0 Å². The van der Waals surface area contributed by atoms with Crippen LogP contribution in [0.5, 0.6) is 0 Å². The van der Waals surface area contributed by atoms with Crippen molar-refractivity contribution in [1.29, 1.82) is 0 Å². The summed E-state index contributed by atoms with van der Waals surface area (Å²) in [6, 6.07) is 5.25. The average molecular weight is 269 g/mol. The summed E-state index contributed by atoms with van der Waals surface area (Å²) in [4.78, 5) is 13.8. The highest BCUT2D eigenvalue weighted by Crippen LogP contribution is 2.26. The minimum atomic E-state index is -0.195. The lowest BCUT2D eigenvalue weighted by molar-refractivity contribution is 0.166. The molecule has 1 aliphatic heterocycles. The van der Waals surface area contributed by atoms with Gasteiger partial charge in [-0.15, -0.1) is 0 Å². The van der Waals surface area contributed by atoms with Crippen LogP contribution >= 0.6 is 11.6 Å². The number of aryl methyl sites for hydroxylation is 1. The highest BCUT2D eigenvalue weighted by atomic mass is 35.5. The van der Waals surface area contributed by atoms with E-state index in [-0.39, 0.29) is 18.7 Å². The van der Waals surface area contributed by atoms with Crippen molar-refractivity contribution in [2.45, 2.75) is 25.8 Å². The molecule has 18 heavy (non-hydrogen) atoms. The lowest BCUT2D eigenvalue weighted by atomic mass is 10.2. The predicted molar refractivity (Wildman–Crippen MR) is 72.0 cm³/mol. The molecule has 1 heterocycles. The summed E-state index contributed by atoms with van der Waals surface area (Å²) in [6.45, 7) is 2.58. The maximum Gasteiger partial charge on any atom is 0.322 e. The Morgan fingerprint density at radius 3 is 3.11 bits per heavy atom. The van der Waals surface area contributed by atoms with Crippen molar-refractivity contribution >= 4 is 23.3 Å². The van der Waals surface area contributed by atoms with Gasteiger partial charge in [-0.25, -0.2) is 4.79 Å². The maximum absolute atomic E-state index is 12.1. The second kappa shape index (κ2) is 5.59. The Labute approximate surface area is 112 Å². The van der Waals surface area contributed by atoms with Crippen LogP contribution < -0.4 is 5.32 Å². The summed E-state index contributed by atoms with van der Waals surface area (Å²) >= 11 is 6.13. The van der Waals surface area contributed by atoms with E-state index in [9.17, 15) is 9.90 Å². The van der Waals surface area contributed by atoms with E-state index in [1.165, 1.54) is 0 Å². The first kappa shape index (κ1) is 13.2. The third-order valence-corrected chi connectivity index (χ3v) is 3.78. The van der Waals surface area contributed by atoms with E-state index < -0.39 is 0 Å². The van der Waals surface area contributed by atoms with Crippen molar-refractivity contribution in [2.24, 2.45) is 0 Å². The number of aliphatic hydroxyl groups is 1. The van der Waals surface area contributed by atoms with Gasteiger partial charge in [-0.1, -0.05) is 23.7 Å². The third kappa shape index (κ3) is 2.60. The van der Waals surface area contributed by atoms with Crippen LogP contribution in [-0.4, -0.2) is 35.2 Å². The van der Waals surface area contributed by atoms with E-state index in [1.54, 1.807) is 11.0 Å². The molecule has 1 aromatic carbocycles. The number of aliphatic hydroxyl groups excluding tert-OH is 1. The van der Waals surface area contributed by atoms with Crippen LogP contribution in [0.4, 0.5) is 10.5 Å². The largest absolute Gasteiger partial charge is 0.394 e. The molecule has 1 aliphatic rings. The number of hydrogen-bond donors (Lipinski definition) is 2. The predicted octanol–water partition coefficient (Wildman–Crippen LogP) is 2.64. The van der Waals surface area contributed by atoms with Gasteiger partial charge in [0, 0.05) is 6.54 Å². The fourth-order valence-corrected chi connectivity index (χ4v) is 2.40. The van der Waals surface area contributed by atoms with E-state index in [4.69, 9.17) is 11.6 Å². The van der Waals surface area contributed by atoms with Gasteiger partial charge in [0.05, 0.1) is 23.4 Å². The lowest BCUT2D eigenvalue weighted by Gasteiger charge is -2.23. The van der Waals surface area contributed by atoms with Crippen molar-refractivity contribution < 1.29 is 9.90 Å². The number of carbonyl (C=O) groups is 1. The van der Waals surface area contributed by atoms with Gasteiger partial charge >= 0.3 is 6.03 Å². The molecule has 0 spiro atoms. The van der Waals surface area contributed by atoms with E-state index in [0.717, 1.165) is 18.4 Å². The lowest BCUT2D eigenvalue weighted by Crippen LogP contribution is -2.40. The molecule has 4 nitrogen and oxygen atoms in total. The number of nitrogens with zero attached hydrogens (tertiary/aromatic N) is 1. The van der Waals surface area contributed by atoms with E-state index in [0.29, 0.717) is 17.3 Å². The molecule has 0 radical (unpaired) electrons. The quantitative estimate of drug-likeness (QED) is 0.866. The van der Waals surface area contributed by atoms with Gasteiger partial charge in [0.25, 0.3) is 0 Å². The Bertz CT molecular complexity index is 451. The molecule has 2 N–H and O–H groups in total. The summed E-state index contributed by atoms with van der Waals surface area (Å²) < 4.78 is 0. The highest BCUT2D eigenvalue weighted by molar-refractivity contribution is 6.34. The summed E-state index contributed by atoms with van der Waals surface area (Å²) in [5.74, 6) is 0. The summed E-state index contributed by atoms with van der Waals surface area (Å²) in [7, 11) is 0. The molecule has 5 heteroatoms. The molecule has 0 aliphatic carbocycles. The van der Waals surface area contributed by atoms with Gasteiger partial charge in [0.1, 0.15) is 0 Å².